The molecule has 0 aromatic heterocycles. The third-order valence-corrected chi connectivity index (χ3v) is 4.79. The molecular formula is C11H16BrNO3S. The fourth-order valence-electron chi connectivity index (χ4n) is 1.42. The molecule has 1 rings (SSSR count). The number of likely N-dealkylation sites (N-methyl/N-ethyl adjacent to an activating group) is 1. The van der Waals surface area contributed by atoms with Crippen LogP contribution in [0.5, 0.6) is 0 Å². The Bertz CT molecular complexity index is 462. The van der Waals surface area contributed by atoms with Gasteiger partial charge < -0.3 is 4.74 Å². The number of sulfonamides is 1. The molecule has 0 N–H and O–H groups in total. The summed E-state index contributed by atoms with van der Waals surface area (Å²) < 4.78 is 31.6. The molecule has 0 unspecified atom stereocenters. The Balaban J connectivity index is 3.00. The number of rotatable bonds is 6. The molecule has 6 heteroatoms. The number of nitrogens with zero attached hydrogens (tertiary/aromatic N) is 1. The van der Waals surface area contributed by atoms with Gasteiger partial charge in [-0.05, 0) is 18.2 Å². The number of ether oxygens (including phenoxy) is 1. The molecule has 0 aliphatic rings. The molecule has 0 fully saturated rings. The number of hydrogen-bond donors (Lipinski definition) is 0. The highest BCUT2D eigenvalue weighted by Gasteiger charge is 2.22. The highest BCUT2D eigenvalue weighted by Crippen LogP contribution is 2.19. The number of benzene rings is 1. The lowest BCUT2D eigenvalue weighted by molar-refractivity contribution is 0.180. The van der Waals surface area contributed by atoms with Crippen molar-refractivity contribution in [1.29, 1.82) is 0 Å². The van der Waals surface area contributed by atoms with Crippen molar-refractivity contribution in [1.82, 2.24) is 4.31 Å². The van der Waals surface area contributed by atoms with E-state index in [4.69, 9.17) is 4.74 Å². The van der Waals surface area contributed by atoms with Gasteiger partial charge in [-0.1, -0.05) is 28.9 Å². The summed E-state index contributed by atoms with van der Waals surface area (Å²) in [5, 5.41) is 0. The molecule has 0 amide bonds. The first kappa shape index (κ1) is 14.6. The van der Waals surface area contributed by atoms with Crippen LogP contribution in [0.1, 0.15) is 6.92 Å². The van der Waals surface area contributed by atoms with Crippen molar-refractivity contribution in [3.63, 3.8) is 0 Å². The summed E-state index contributed by atoms with van der Waals surface area (Å²) >= 11 is 3.27. The van der Waals surface area contributed by atoms with Gasteiger partial charge in [-0.25, -0.2) is 8.42 Å². The van der Waals surface area contributed by atoms with Crippen molar-refractivity contribution in [2.45, 2.75) is 11.8 Å². The van der Waals surface area contributed by atoms with Crippen LogP contribution in [-0.2, 0) is 14.8 Å². The van der Waals surface area contributed by atoms with Gasteiger partial charge in [-0.3, -0.25) is 0 Å². The molecule has 0 heterocycles. The molecular weight excluding hydrogens is 306 g/mol. The van der Waals surface area contributed by atoms with Crippen LogP contribution >= 0.6 is 15.9 Å². The fourth-order valence-corrected chi connectivity index (χ4v) is 3.45. The zero-order valence-corrected chi connectivity index (χ0v) is 12.3. The molecule has 17 heavy (non-hydrogen) atoms. The number of methoxy groups -OCH3 is 1. The first-order valence-electron chi connectivity index (χ1n) is 5.27. The van der Waals surface area contributed by atoms with E-state index in [0.717, 1.165) is 4.47 Å². The maximum atomic E-state index is 12.3. The van der Waals surface area contributed by atoms with Gasteiger partial charge in [0.1, 0.15) is 0 Å². The summed E-state index contributed by atoms with van der Waals surface area (Å²) in [6.07, 6.45) is 0. The first-order chi connectivity index (χ1) is 8.02. The largest absolute Gasteiger partial charge is 0.383 e. The van der Waals surface area contributed by atoms with Gasteiger partial charge in [0.2, 0.25) is 10.0 Å². The van der Waals surface area contributed by atoms with E-state index >= 15 is 0 Å². The smallest absolute Gasteiger partial charge is 0.243 e. The van der Waals surface area contributed by atoms with Crippen molar-refractivity contribution in [2.24, 2.45) is 0 Å². The maximum Gasteiger partial charge on any atom is 0.243 e. The predicted octanol–water partition coefficient (Wildman–Crippen LogP) is 2.11. The van der Waals surface area contributed by atoms with Gasteiger partial charge in [-0.15, -0.1) is 0 Å². The van der Waals surface area contributed by atoms with E-state index in [1.807, 2.05) is 6.92 Å². The average molecular weight is 322 g/mol. The molecule has 0 radical (unpaired) electrons. The minimum Gasteiger partial charge on any atom is -0.383 e. The Morgan fingerprint density at radius 3 is 2.65 bits per heavy atom. The number of halogens is 1. The summed E-state index contributed by atoms with van der Waals surface area (Å²) in [5.74, 6) is 0. The van der Waals surface area contributed by atoms with E-state index in [2.05, 4.69) is 15.9 Å². The van der Waals surface area contributed by atoms with Crippen LogP contribution in [0.3, 0.4) is 0 Å². The van der Waals surface area contributed by atoms with Gasteiger partial charge in [0.25, 0.3) is 0 Å². The monoisotopic (exact) mass is 321 g/mol. The molecule has 0 bridgehead atoms. The third kappa shape index (κ3) is 3.77. The highest BCUT2D eigenvalue weighted by molar-refractivity contribution is 9.10. The first-order valence-corrected chi connectivity index (χ1v) is 7.50. The van der Waals surface area contributed by atoms with Gasteiger partial charge in [-0.2, -0.15) is 4.31 Å². The van der Waals surface area contributed by atoms with E-state index < -0.39 is 10.0 Å². The van der Waals surface area contributed by atoms with E-state index in [9.17, 15) is 8.42 Å². The molecule has 0 aliphatic carbocycles. The van der Waals surface area contributed by atoms with Crippen LogP contribution < -0.4 is 0 Å². The van der Waals surface area contributed by atoms with Crippen LogP contribution in [0.25, 0.3) is 0 Å². The Kier molecular flexibility index (Phi) is 5.58. The molecule has 1 aromatic carbocycles. The van der Waals surface area contributed by atoms with Gasteiger partial charge in [0.05, 0.1) is 11.5 Å². The normalized spacial score (nSPS) is 12.0. The topological polar surface area (TPSA) is 46.6 Å². The third-order valence-electron chi connectivity index (χ3n) is 2.33. The molecule has 0 atom stereocenters. The van der Waals surface area contributed by atoms with E-state index in [1.54, 1.807) is 31.4 Å². The lowest BCUT2D eigenvalue weighted by Gasteiger charge is -2.20. The molecule has 0 spiro atoms. The average Bonchev–Trinajstić information content (AvgIpc) is 2.30. The van der Waals surface area contributed by atoms with Gasteiger partial charge in [0.15, 0.2) is 0 Å². The molecule has 0 aliphatic heterocycles. The highest BCUT2D eigenvalue weighted by atomic mass is 79.9. The Hall–Kier alpha value is -0.430. The minimum atomic E-state index is -3.42. The summed E-state index contributed by atoms with van der Waals surface area (Å²) in [7, 11) is -1.87. The summed E-state index contributed by atoms with van der Waals surface area (Å²) in [4.78, 5) is 0.296. The molecule has 0 saturated carbocycles. The van der Waals surface area contributed by atoms with Crippen LogP contribution in [0.15, 0.2) is 33.6 Å². The minimum absolute atomic E-state index is 0.296. The lowest BCUT2D eigenvalue weighted by Crippen LogP contribution is -2.33. The van der Waals surface area contributed by atoms with Crippen molar-refractivity contribution in [3.8, 4) is 0 Å². The summed E-state index contributed by atoms with van der Waals surface area (Å²) in [6.45, 7) is 2.99. The Morgan fingerprint density at radius 1 is 1.41 bits per heavy atom. The SMILES string of the molecule is CCN(CCOC)S(=O)(=O)c1cccc(Br)c1. The summed E-state index contributed by atoms with van der Waals surface area (Å²) in [6, 6.07) is 6.70. The second-order valence-corrected chi connectivity index (χ2v) is 6.30. The maximum absolute atomic E-state index is 12.3. The second kappa shape index (κ2) is 6.49. The zero-order chi connectivity index (χ0) is 12.9. The van der Waals surface area contributed by atoms with Crippen molar-refractivity contribution < 1.29 is 13.2 Å². The van der Waals surface area contributed by atoms with Crippen molar-refractivity contribution >= 4 is 26.0 Å². The quantitative estimate of drug-likeness (QED) is 0.806. The molecule has 4 nitrogen and oxygen atoms in total. The molecule has 96 valence electrons. The van der Waals surface area contributed by atoms with Crippen LogP contribution in [0, 0.1) is 0 Å². The van der Waals surface area contributed by atoms with E-state index in [-0.39, 0.29) is 0 Å². The van der Waals surface area contributed by atoms with Gasteiger partial charge >= 0.3 is 0 Å². The molecule has 1 aromatic rings. The van der Waals surface area contributed by atoms with E-state index in [0.29, 0.717) is 24.6 Å². The standard InChI is InChI=1S/C11H16BrNO3S/c1-3-13(7-8-16-2)17(14,15)11-6-4-5-10(12)9-11/h4-6,9H,3,7-8H2,1-2H3. The Labute approximate surface area is 111 Å². The fraction of sp³-hybridized carbons (Fsp3) is 0.455. The van der Waals surface area contributed by atoms with Crippen molar-refractivity contribution in [3.05, 3.63) is 28.7 Å². The van der Waals surface area contributed by atoms with Crippen molar-refractivity contribution in [2.75, 3.05) is 26.8 Å². The zero-order valence-electron chi connectivity index (χ0n) is 9.89. The Morgan fingerprint density at radius 2 is 2.12 bits per heavy atom. The lowest BCUT2D eigenvalue weighted by atomic mass is 10.4. The van der Waals surface area contributed by atoms with Crippen LogP contribution in [0.4, 0.5) is 0 Å². The van der Waals surface area contributed by atoms with E-state index in [1.165, 1.54) is 4.31 Å². The second-order valence-electron chi connectivity index (χ2n) is 3.45. The van der Waals surface area contributed by atoms with Crippen LogP contribution in [-0.4, -0.2) is 39.5 Å². The van der Waals surface area contributed by atoms with Gasteiger partial charge in [0, 0.05) is 24.7 Å². The number of hydrogen-bond acceptors (Lipinski definition) is 3. The van der Waals surface area contributed by atoms with Crippen LogP contribution in [0.2, 0.25) is 0 Å². The summed E-state index contributed by atoms with van der Waals surface area (Å²) in [5.41, 5.74) is 0. The molecule has 0 saturated heterocycles. The predicted molar refractivity (Wildman–Crippen MR) is 70.5 cm³/mol.